The molecule has 2 fully saturated rings. The van der Waals surface area contributed by atoms with Crippen LogP contribution in [0, 0.1) is 14.0 Å². The Kier molecular flexibility index (Phi) is 17.1. The van der Waals surface area contributed by atoms with Crippen LogP contribution < -0.4 is 10.2 Å². The number of anilines is 1. The van der Waals surface area contributed by atoms with E-state index in [1.807, 2.05) is 36.1 Å². The molecule has 2 aromatic rings. The molecule has 5 amide bonds. The van der Waals surface area contributed by atoms with Crippen LogP contribution in [0.4, 0.5) is 15.3 Å². The number of carbonyl (C=O) groups is 5. The fourth-order valence-electron chi connectivity index (χ4n) is 6.45. The third-order valence-electron chi connectivity index (χ3n) is 9.33. The third-order valence-corrected chi connectivity index (χ3v) is 10.1. The second kappa shape index (κ2) is 20.5. The van der Waals surface area contributed by atoms with Gasteiger partial charge in [-0.3, -0.25) is 29.1 Å². The van der Waals surface area contributed by atoms with Gasteiger partial charge in [-0.2, -0.15) is 0 Å². The zero-order valence-electron chi connectivity index (χ0n) is 30.2. The van der Waals surface area contributed by atoms with E-state index in [-0.39, 0.29) is 77.4 Å². The summed E-state index contributed by atoms with van der Waals surface area (Å²) in [5, 5.41) is 22.3. The smallest absolute Gasteiger partial charge is 0.407 e. The van der Waals surface area contributed by atoms with Crippen molar-refractivity contribution in [3.05, 3.63) is 70.1 Å². The third kappa shape index (κ3) is 12.7. The normalized spacial score (nSPS) is 19.8. The Morgan fingerprint density at radius 1 is 0.906 bits per heavy atom. The molecule has 1 atom stereocenters. The topological polar surface area (TPSA) is 157 Å². The number of carboxylic acid groups (broad SMARTS) is 2. The van der Waals surface area contributed by atoms with Gasteiger partial charge in [-0.25, -0.2) is 14.5 Å². The number of nitrogens with zero attached hydrogens (tertiary/aromatic N) is 6. The molecule has 0 spiro atoms. The summed E-state index contributed by atoms with van der Waals surface area (Å²) in [5.74, 6) is -1.57. The van der Waals surface area contributed by atoms with Crippen molar-refractivity contribution in [1.29, 1.82) is 0 Å². The van der Waals surface area contributed by atoms with E-state index in [1.54, 1.807) is 39.8 Å². The van der Waals surface area contributed by atoms with Gasteiger partial charge in [0.1, 0.15) is 5.54 Å². The first-order chi connectivity index (χ1) is 24.7. The van der Waals surface area contributed by atoms with Crippen LogP contribution in [0.15, 0.2) is 46.9 Å². The first-order valence-electron chi connectivity index (χ1n) is 17.2. The van der Waals surface area contributed by atoms with Crippen LogP contribution in [-0.4, -0.2) is 168 Å². The molecule has 5 radical (unpaired) electrons. The van der Waals surface area contributed by atoms with Crippen molar-refractivity contribution in [2.75, 3.05) is 83.4 Å². The first-order valence-corrected chi connectivity index (χ1v) is 18.4. The van der Waals surface area contributed by atoms with Crippen LogP contribution in [0.5, 0.6) is 0 Å². The maximum absolute atomic E-state index is 14.0. The van der Waals surface area contributed by atoms with Crippen LogP contribution in [0.1, 0.15) is 30.9 Å². The molecule has 0 bridgehead atoms. The summed E-state index contributed by atoms with van der Waals surface area (Å²) in [4.78, 5) is 73.2. The van der Waals surface area contributed by atoms with Gasteiger partial charge < -0.3 is 25.3 Å². The van der Waals surface area contributed by atoms with Gasteiger partial charge in [0, 0.05) is 108 Å². The van der Waals surface area contributed by atoms with Crippen molar-refractivity contribution in [3.63, 3.8) is 0 Å². The van der Waals surface area contributed by atoms with Crippen LogP contribution >= 0.6 is 27.5 Å². The molecule has 2 aromatic carbocycles. The number of benzene rings is 2. The molecule has 53 heavy (non-hydrogen) atoms. The molecular weight excluding hydrogens is 828 g/mol. The summed E-state index contributed by atoms with van der Waals surface area (Å²) in [5.41, 5.74) is 0.992. The van der Waals surface area contributed by atoms with E-state index in [0.717, 1.165) is 15.6 Å². The van der Waals surface area contributed by atoms with Crippen LogP contribution in [0.25, 0.3) is 0 Å². The molecule has 4 rings (SSSR count). The van der Waals surface area contributed by atoms with E-state index in [1.165, 1.54) is 9.80 Å². The monoisotopic (exact) mass is 872 g/mol. The van der Waals surface area contributed by atoms with Gasteiger partial charge in [-0.15, -0.1) is 0 Å². The molecule has 0 unspecified atom stereocenters. The Morgan fingerprint density at radius 3 is 2.09 bits per heavy atom. The maximum atomic E-state index is 14.0. The number of nitrogens with one attached hydrogen (secondary N) is 1. The number of aliphatic carboxylic acids is 1. The summed E-state index contributed by atoms with van der Waals surface area (Å²) in [6.45, 7) is 6.41. The summed E-state index contributed by atoms with van der Waals surface area (Å²) in [6.07, 6.45) is 0.266. The van der Waals surface area contributed by atoms with Gasteiger partial charge in [0.15, 0.2) is 0 Å². The SMILES string of the molecule is [CH]N1CCN(CC(=O)O)CCN(C(=O)O)CCN(CC(=O)NCCCCN2C(=O)N(c3cc(C)cc(Cl)c3)C(=O)[C@]2(C)Cc2ccc(Br)cc2)CC1.[Ga]. The molecule has 0 aromatic heterocycles. The molecule has 2 heterocycles. The van der Waals surface area contributed by atoms with Crippen molar-refractivity contribution in [1.82, 2.24) is 29.8 Å². The summed E-state index contributed by atoms with van der Waals surface area (Å²) in [7, 11) is 6.15. The molecule has 17 heteroatoms. The first kappa shape index (κ1) is 44.3. The largest absolute Gasteiger partial charge is 0.480 e. The quantitative estimate of drug-likeness (QED) is 0.164. The van der Waals surface area contributed by atoms with Gasteiger partial charge in [-0.1, -0.05) is 39.7 Å². The fourth-order valence-corrected chi connectivity index (χ4v) is 7.00. The molecule has 285 valence electrons. The van der Waals surface area contributed by atoms with Crippen molar-refractivity contribution < 1.29 is 34.2 Å². The molecular formula is C36H47BrClGaN7O7. The number of unbranched alkanes of at least 4 members (excludes halogenated alkanes) is 1. The number of carbonyl (C=O) groups excluding carboxylic acids is 3. The Balaban J connectivity index is 0.00000756. The minimum Gasteiger partial charge on any atom is -0.480 e. The number of carboxylic acids is 1. The molecule has 2 aliphatic rings. The van der Waals surface area contributed by atoms with E-state index in [9.17, 15) is 34.2 Å². The van der Waals surface area contributed by atoms with Crippen molar-refractivity contribution in [2.24, 2.45) is 0 Å². The maximum Gasteiger partial charge on any atom is 0.407 e. The van der Waals surface area contributed by atoms with Gasteiger partial charge in [-0.05, 0) is 68.1 Å². The summed E-state index contributed by atoms with van der Waals surface area (Å²) < 4.78 is 0.905. The molecule has 3 N–H and O–H groups in total. The second-order valence-electron chi connectivity index (χ2n) is 13.4. The number of aryl methyl sites for hydroxylation is 1. The number of hydrogen-bond acceptors (Lipinski definition) is 8. The predicted octanol–water partition coefficient (Wildman–Crippen LogP) is 3.35. The Bertz CT molecular complexity index is 1590. The van der Waals surface area contributed by atoms with Crippen LogP contribution in [-0.2, 0) is 20.8 Å². The van der Waals surface area contributed by atoms with Gasteiger partial charge in [0.25, 0.3) is 5.91 Å². The van der Waals surface area contributed by atoms with E-state index < -0.39 is 23.6 Å². The second-order valence-corrected chi connectivity index (χ2v) is 14.8. The zero-order valence-corrected chi connectivity index (χ0v) is 34.9. The fraction of sp³-hybridized carbons (Fsp3) is 0.500. The molecule has 0 saturated carbocycles. The van der Waals surface area contributed by atoms with Crippen molar-refractivity contribution in [3.8, 4) is 0 Å². The van der Waals surface area contributed by atoms with E-state index in [2.05, 4.69) is 21.2 Å². The predicted molar refractivity (Wildman–Crippen MR) is 206 cm³/mol. The van der Waals surface area contributed by atoms with Gasteiger partial charge in [0.2, 0.25) is 5.91 Å². The van der Waals surface area contributed by atoms with E-state index in [0.29, 0.717) is 62.7 Å². The Labute approximate surface area is 337 Å². The molecule has 2 saturated heterocycles. The standard InChI is InChI=1S/C36H47BrClN7O7.Ga/c1-26-20-29(38)22-30(21-26)45-33(49)36(2,23-27-6-8-28(37)9-7-27)44(34(45)50)11-5-4-10-39-31(46)24-41-14-12-40(3)13-15-42(25-32(47)48)17-19-43(18-16-41)35(51)52;/h3,6-9,20-22H,4-5,10-19,23-25H2,1-2H3,(H,39,46)(H,47,48)(H,51,52);/t36-;/m0./s1. The minimum absolute atomic E-state index is 0. The number of urea groups is 1. The zero-order chi connectivity index (χ0) is 38.0. The van der Waals surface area contributed by atoms with E-state index >= 15 is 0 Å². The average Bonchev–Trinajstić information content (AvgIpc) is 3.24. The van der Waals surface area contributed by atoms with Crippen molar-refractivity contribution in [2.45, 2.75) is 38.6 Å². The molecule has 0 aliphatic carbocycles. The number of imide groups is 1. The van der Waals surface area contributed by atoms with Gasteiger partial charge in [0.05, 0.1) is 18.8 Å². The Hall–Kier alpha value is -3.12. The summed E-state index contributed by atoms with van der Waals surface area (Å²) >= 11 is 9.76. The minimum atomic E-state index is -1.15. The number of rotatable bonds is 12. The number of halogens is 2. The molecule has 14 nitrogen and oxygen atoms in total. The Morgan fingerprint density at radius 2 is 1.51 bits per heavy atom. The molecule has 2 aliphatic heterocycles. The van der Waals surface area contributed by atoms with Crippen molar-refractivity contribution >= 4 is 82.9 Å². The number of hydrogen-bond donors (Lipinski definition) is 3. The van der Waals surface area contributed by atoms with E-state index in [4.69, 9.17) is 18.6 Å². The summed E-state index contributed by atoms with van der Waals surface area (Å²) in [6, 6.07) is 12.4. The average molecular weight is 875 g/mol. The number of amides is 5. The van der Waals surface area contributed by atoms with Crippen LogP contribution in [0.2, 0.25) is 5.02 Å². The van der Waals surface area contributed by atoms with Crippen LogP contribution in [0.3, 0.4) is 0 Å². The van der Waals surface area contributed by atoms with Gasteiger partial charge >= 0.3 is 18.1 Å².